The zero-order chi connectivity index (χ0) is 37.3. The molecule has 0 radical (unpaired) electrons. The van der Waals surface area contributed by atoms with E-state index in [1.54, 1.807) is 27.4 Å². The van der Waals surface area contributed by atoms with E-state index in [4.69, 9.17) is 9.47 Å². The molecule has 51 heavy (non-hydrogen) atoms. The minimum absolute atomic E-state index is 0.245. The lowest BCUT2D eigenvalue weighted by Gasteiger charge is -2.36. The molecule has 3 N–H and O–H groups in total. The van der Waals surface area contributed by atoms with E-state index in [1.807, 2.05) is 49.1 Å². The number of carbonyl (C=O) groups excluding carboxylic acids is 1. The summed E-state index contributed by atoms with van der Waals surface area (Å²) in [5.74, 6) is 2.89. The molecule has 2 aromatic carbocycles. The molecule has 1 amide bonds. The summed E-state index contributed by atoms with van der Waals surface area (Å²) in [6.07, 6.45) is 5.17. The van der Waals surface area contributed by atoms with Gasteiger partial charge in [0, 0.05) is 84.0 Å². The minimum Gasteiger partial charge on any atom is -0.495 e. The Morgan fingerprint density at radius 3 is 1.82 bits per heavy atom. The number of aliphatic imine (C=N–C) groups is 1. The van der Waals surface area contributed by atoms with Crippen LogP contribution in [0.5, 0.6) is 11.5 Å². The highest BCUT2D eigenvalue weighted by molar-refractivity contribution is 7.79. The summed E-state index contributed by atoms with van der Waals surface area (Å²) in [7, 11) is 3.43. The van der Waals surface area contributed by atoms with Crippen LogP contribution >= 0.6 is 0 Å². The van der Waals surface area contributed by atoms with E-state index in [-0.39, 0.29) is 5.91 Å². The third kappa shape index (κ3) is 16.0. The van der Waals surface area contributed by atoms with Crippen LogP contribution in [0.3, 0.4) is 0 Å². The van der Waals surface area contributed by atoms with Crippen LogP contribution in [0.1, 0.15) is 34.1 Å². The van der Waals surface area contributed by atoms with Crippen molar-refractivity contribution in [1.29, 1.82) is 0 Å². The number of hydrogen-bond acceptors (Lipinski definition) is 14. The molecule has 16 heteroatoms. The highest BCUT2D eigenvalue weighted by Gasteiger charge is 2.22. The Bertz CT molecular complexity index is 1380. The maximum atomic E-state index is 11.6. The Morgan fingerprint density at radius 1 is 0.863 bits per heavy atom. The van der Waals surface area contributed by atoms with Gasteiger partial charge in [0.05, 0.1) is 32.1 Å². The fourth-order valence-electron chi connectivity index (χ4n) is 5.23. The number of piperazine rings is 2. The van der Waals surface area contributed by atoms with Crippen molar-refractivity contribution in [3.05, 3.63) is 48.5 Å². The lowest BCUT2D eigenvalue weighted by atomic mass is 10.2. The number of para-hydroxylation sites is 4. The van der Waals surface area contributed by atoms with Gasteiger partial charge in [-0.3, -0.25) is 4.79 Å². The summed E-state index contributed by atoms with van der Waals surface area (Å²) >= 11 is -1.29. The van der Waals surface area contributed by atoms with Crippen molar-refractivity contribution in [2.24, 2.45) is 15.2 Å². The molecule has 2 aromatic rings. The molecule has 2 saturated heterocycles. The molecule has 5 rings (SSSR count). The zero-order valence-corrected chi connectivity index (χ0v) is 32.2. The van der Waals surface area contributed by atoms with Crippen LogP contribution < -0.4 is 35.6 Å². The van der Waals surface area contributed by atoms with Gasteiger partial charge in [-0.15, -0.1) is 0 Å². The van der Waals surface area contributed by atoms with Gasteiger partial charge in [0.2, 0.25) is 11.9 Å². The number of hydrogen-bond donors (Lipinski definition) is 3. The number of amides is 1. The Morgan fingerprint density at radius 2 is 1.39 bits per heavy atom. The number of ether oxygens (including phenoxy) is 2. The van der Waals surface area contributed by atoms with Gasteiger partial charge in [0.25, 0.3) is 0 Å². The monoisotopic (exact) mass is 730 g/mol. The van der Waals surface area contributed by atoms with Crippen molar-refractivity contribution in [2.45, 2.75) is 34.1 Å². The summed E-state index contributed by atoms with van der Waals surface area (Å²) in [6.45, 7) is 18.4. The molecule has 2 fully saturated rings. The molecular weight excluding hydrogens is 673 g/mol. The highest BCUT2D eigenvalue weighted by Crippen LogP contribution is 2.29. The molecule has 15 nitrogen and oxygen atoms in total. The van der Waals surface area contributed by atoms with Crippen molar-refractivity contribution in [2.75, 3.05) is 102 Å². The number of nitrogens with one attached hydrogen (secondary N) is 3. The van der Waals surface area contributed by atoms with Crippen molar-refractivity contribution >= 4 is 46.8 Å². The number of guanidine groups is 1. The Labute approximate surface area is 306 Å². The second-order valence-corrected chi connectivity index (χ2v) is 12.1. The predicted octanol–water partition coefficient (Wildman–Crippen LogP) is 2.94. The molecule has 0 spiro atoms. The SMILES string of the molecule is C/C=N\NOS(C)=O.CC=NNC1=NCCN1.CCC(=O)N1CCN(c2ccccc2OC)CC1.CCN1CCN(c2ccccc2OC)CC1. The molecule has 0 aliphatic carbocycles. The molecule has 0 aromatic heterocycles. The number of rotatable bonds is 10. The molecule has 1 atom stereocenters. The molecule has 0 bridgehead atoms. The van der Waals surface area contributed by atoms with Crippen molar-refractivity contribution < 1.29 is 22.8 Å². The van der Waals surface area contributed by atoms with E-state index in [0.29, 0.717) is 6.42 Å². The highest BCUT2D eigenvalue weighted by atomic mass is 32.2. The van der Waals surface area contributed by atoms with E-state index in [9.17, 15) is 9.00 Å². The van der Waals surface area contributed by atoms with E-state index in [1.165, 1.54) is 18.2 Å². The van der Waals surface area contributed by atoms with Gasteiger partial charge < -0.3 is 34.4 Å². The maximum Gasteiger partial charge on any atom is 0.222 e. The van der Waals surface area contributed by atoms with Crippen LogP contribution in [0.4, 0.5) is 11.4 Å². The van der Waals surface area contributed by atoms with Gasteiger partial charge >= 0.3 is 0 Å². The number of carbonyl (C=O) groups is 1. The normalized spacial score (nSPS) is 16.4. The Kier molecular flexibility index (Phi) is 21.4. The molecule has 0 saturated carbocycles. The van der Waals surface area contributed by atoms with E-state index >= 15 is 0 Å². The first-order chi connectivity index (χ1) is 24.8. The molecule has 3 aliphatic rings. The third-order valence-corrected chi connectivity index (χ3v) is 8.23. The van der Waals surface area contributed by atoms with Crippen LogP contribution in [0, 0.1) is 0 Å². The summed E-state index contributed by atoms with van der Waals surface area (Å²) < 4.78 is 25.1. The quantitative estimate of drug-likeness (QED) is 0.245. The lowest BCUT2D eigenvalue weighted by Crippen LogP contribution is -2.48. The van der Waals surface area contributed by atoms with Crippen molar-refractivity contribution in [3.63, 3.8) is 0 Å². The van der Waals surface area contributed by atoms with Crippen LogP contribution in [-0.2, 0) is 20.2 Å². The van der Waals surface area contributed by atoms with Crippen LogP contribution in [0.25, 0.3) is 0 Å². The van der Waals surface area contributed by atoms with Gasteiger partial charge in [0.15, 0.2) is 11.1 Å². The smallest absolute Gasteiger partial charge is 0.222 e. The average molecular weight is 731 g/mol. The third-order valence-electron chi connectivity index (χ3n) is 7.92. The predicted molar refractivity (Wildman–Crippen MR) is 209 cm³/mol. The topological polar surface area (TPSA) is 148 Å². The average Bonchev–Trinajstić information content (AvgIpc) is 3.71. The van der Waals surface area contributed by atoms with Gasteiger partial charge in [0.1, 0.15) is 11.5 Å². The van der Waals surface area contributed by atoms with E-state index < -0.39 is 11.1 Å². The summed E-state index contributed by atoms with van der Waals surface area (Å²) in [5, 5.41) is 10.2. The first-order valence-corrected chi connectivity index (χ1v) is 18.8. The van der Waals surface area contributed by atoms with Crippen LogP contribution in [-0.4, -0.2) is 131 Å². The summed E-state index contributed by atoms with van der Waals surface area (Å²) in [4.78, 5) is 24.8. The summed E-state index contributed by atoms with van der Waals surface area (Å²) in [5.41, 5.74) is 7.18. The van der Waals surface area contributed by atoms with Crippen LogP contribution in [0.15, 0.2) is 63.7 Å². The number of methoxy groups -OCH3 is 2. The maximum absolute atomic E-state index is 11.6. The molecule has 3 aliphatic heterocycles. The number of anilines is 2. The fourth-order valence-corrected chi connectivity index (χ4v) is 5.38. The molecule has 284 valence electrons. The number of likely N-dealkylation sites (N-methyl/N-ethyl adjacent to an activating group) is 1. The molecular formula is C35H58N10O5S. The zero-order valence-electron chi connectivity index (χ0n) is 31.3. The van der Waals surface area contributed by atoms with Crippen molar-refractivity contribution in [1.82, 2.24) is 26.1 Å². The first-order valence-electron chi connectivity index (χ1n) is 17.3. The number of hydrazone groups is 2. The van der Waals surface area contributed by atoms with E-state index in [0.717, 1.165) is 95.1 Å². The Hall–Kier alpha value is -4.41. The van der Waals surface area contributed by atoms with Crippen LogP contribution in [0.2, 0.25) is 0 Å². The number of nitrogens with zero attached hydrogens (tertiary/aromatic N) is 7. The standard InChI is InChI=1S/C14H20N2O2.C13H20N2O.C5H10N4.C3H8N2O2S/c1-3-14(17)16-10-8-15(9-11-16)12-6-4-5-7-13(12)18-2;1-3-14-8-10-15(11-9-14)12-6-4-5-7-13(12)16-2;1-2-8-9-5-6-3-4-7-5;1-3-4-5-7-8(2)6/h4-7H,3,8-11H2,1-2H3;4-7H,3,8-11H2,1-2H3;2H,3-4H2,1H3,(H2,6,7,9);3,5H,1-2H3/b;;;4-3-. The minimum atomic E-state index is -1.29. The first kappa shape index (κ1) is 42.8. The Balaban J connectivity index is 0.000000249. The van der Waals surface area contributed by atoms with Gasteiger partial charge in [-0.2, -0.15) is 20.1 Å². The van der Waals surface area contributed by atoms with Gasteiger partial charge in [-0.05, 0) is 44.7 Å². The molecule has 1 unspecified atom stereocenters. The number of benzene rings is 2. The summed E-state index contributed by atoms with van der Waals surface area (Å²) in [6, 6.07) is 16.3. The fraction of sp³-hybridized carbons (Fsp3) is 0.543. The lowest BCUT2D eigenvalue weighted by molar-refractivity contribution is -0.131. The second kappa shape index (κ2) is 25.5. The largest absolute Gasteiger partial charge is 0.495 e. The second-order valence-electron chi connectivity index (χ2n) is 11.1. The van der Waals surface area contributed by atoms with E-state index in [2.05, 4.69) is 75.6 Å². The molecule has 3 heterocycles. The van der Waals surface area contributed by atoms with Crippen molar-refractivity contribution in [3.8, 4) is 11.5 Å². The van der Waals surface area contributed by atoms with Gasteiger partial charge in [-0.1, -0.05) is 38.1 Å². The van der Waals surface area contributed by atoms with Gasteiger partial charge in [-0.25, -0.2) is 14.6 Å².